The third kappa shape index (κ3) is 18.9. The smallest absolute Gasteiger partial charge is 0.251 e. The predicted octanol–water partition coefficient (Wildman–Crippen LogP) is 10.9. The van der Waals surface area contributed by atoms with E-state index in [0.717, 1.165) is 65.7 Å². The predicted molar refractivity (Wildman–Crippen MR) is 326 cm³/mol. The standard InChI is InChI=1S/C68H88N2O12/c1-65(2,3)55-43-51(44-56(61(55)71)66(4,5)6)63(73)69-25-29-77-33-37-81-41-39-79-35-31-75-27-13-15-47-17-19-49-22-24-54-48(18-20-50-21-23-53(47)59(49)60(50)54)16-14-28-76-32-36-80-40-42-82-38-34-78-30-26-70-64(74)52-45-57(67(7,8)9)62(72)58(46-52)68(10,11)12/h17-24,43-46,71-72H,25-42H2,1-12H3,(H,69,73)(H,70,74). The van der Waals surface area contributed by atoms with Crippen LogP contribution in [0.2, 0.25) is 0 Å². The van der Waals surface area contributed by atoms with Crippen LogP contribution in [0.1, 0.15) is 137 Å². The fraction of sp³-hybridized carbons (Fsp3) is 0.500. The Hall–Kier alpha value is -6.30. The van der Waals surface area contributed by atoms with E-state index in [-0.39, 0.29) is 58.2 Å². The minimum Gasteiger partial charge on any atom is -0.507 e. The fourth-order valence-electron chi connectivity index (χ4n) is 9.34. The van der Waals surface area contributed by atoms with Crippen molar-refractivity contribution in [3.05, 3.63) is 117 Å². The van der Waals surface area contributed by atoms with Gasteiger partial charge in [-0.15, -0.1) is 0 Å². The zero-order valence-corrected chi connectivity index (χ0v) is 50.6. The second-order valence-corrected chi connectivity index (χ2v) is 24.4. The highest BCUT2D eigenvalue weighted by atomic mass is 16.6. The van der Waals surface area contributed by atoms with Crippen LogP contribution >= 0.6 is 0 Å². The molecule has 0 spiro atoms. The highest BCUT2D eigenvalue weighted by molar-refractivity contribution is 6.24. The van der Waals surface area contributed by atoms with E-state index in [1.807, 2.05) is 83.1 Å². The molecule has 0 unspecified atom stereocenters. The number of carbonyl (C=O) groups is 2. The first-order chi connectivity index (χ1) is 39.0. The summed E-state index contributed by atoms with van der Waals surface area (Å²) < 4.78 is 45.4. The number of phenolic OH excluding ortho intramolecular Hbond substituents is 2. The lowest BCUT2D eigenvalue weighted by molar-refractivity contribution is 0.00175. The molecular weight excluding hydrogens is 1040 g/mol. The molecule has 0 saturated heterocycles. The number of carbonyl (C=O) groups excluding carboxylic acids is 2. The van der Waals surface area contributed by atoms with Crippen molar-refractivity contribution in [2.75, 3.05) is 119 Å². The number of phenols is 2. The largest absolute Gasteiger partial charge is 0.507 e. The van der Waals surface area contributed by atoms with Gasteiger partial charge in [0.15, 0.2) is 0 Å². The molecule has 442 valence electrons. The van der Waals surface area contributed by atoms with E-state index in [1.54, 1.807) is 24.3 Å². The number of rotatable bonds is 28. The summed E-state index contributed by atoms with van der Waals surface area (Å²) in [4.78, 5) is 26.0. The van der Waals surface area contributed by atoms with E-state index in [1.165, 1.54) is 0 Å². The summed E-state index contributed by atoms with van der Waals surface area (Å²) in [7, 11) is 0. The maximum Gasteiger partial charge on any atom is 0.251 e. The van der Waals surface area contributed by atoms with Crippen LogP contribution in [-0.4, -0.2) is 141 Å². The normalized spacial score (nSPS) is 12.2. The van der Waals surface area contributed by atoms with E-state index < -0.39 is 0 Å². The number of nitrogens with one attached hydrogen (secondary N) is 2. The molecule has 0 aliphatic heterocycles. The molecule has 6 rings (SSSR count). The van der Waals surface area contributed by atoms with Crippen molar-refractivity contribution in [1.29, 1.82) is 0 Å². The molecule has 82 heavy (non-hydrogen) atoms. The highest BCUT2D eigenvalue weighted by Gasteiger charge is 2.29. The SMILES string of the molecule is CC(C)(C)c1cc(C(=O)NCCOCCOCCOCCOCC#Cc2ccc3ccc4c(C#CCOCCOCCOCCOCCNC(=O)c5cc(C(C)(C)C)c(O)c(C(C)(C)C)c5)ccc5ccc2c3c54)cc(C(C)(C)C)c1O. The monoisotopic (exact) mass is 1120 g/mol. The van der Waals surface area contributed by atoms with Gasteiger partial charge in [-0.25, -0.2) is 0 Å². The highest BCUT2D eigenvalue weighted by Crippen LogP contribution is 2.42. The van der Waals surface area contributed by atoms with Crippen LogP contribution in [0.5, 0.6) is 11.5 Å². The first kappa shape index (κ1) is 64.9. The molecule has 0 atom stereocenters. The van der Waals surface area contributed by atoms with Gasteiger partial charge in [-0.2, -0.15) is 0 Å². The maximum absolute atomic E-state index is 13.0. The van der Waals surface area contributed by atoms with Crippen molar-refractivity contribution in [3.63, 3.8) is 0 Å². The topological polar surface area (TPSA) is 172 Å². The lowest BCUT2D eigenvalue weighted by atomic mass is 9.78. The van der Waals surface area contributed by atoms with E-state index in [4.69, 9.17) is 37.9 Å². The van der Waals surface area contributed by atoms with Crippen LogP contribution in [0, 0.1) is 23.7 Å². The summed E-state index contributed by atoms with van der Waals surface area (Å²) in [6.07, 6.45) is 0. The first-order valence-corrected chi connectivity index (χ1v) is 28.6. The Bertz CT molecular complexity index is 2900. The molecule has 14 heteroatoms. The maximum atomic E-state index is 13.0. The second-order valence-electron chi connectivity index (χ2n) is 24.4. The summed E-state index contributed by atoms with van der Waals surface area (Å²) in [5, 5.41) is 34.6. The van der Waals surface area contributed by atoms with E-state index in [0.29, 0.717) is 117 Å². The Morgan fingerprint density at radius 1 is 0.390 bits per heavy atom. The lowest BCUT2D eigenvalue weighted by Crippen LogP contribution is -2.29. The molecule has 0 bridgehead atoms. The minimum absolute atomic E-state index is 0.202. The Kier molecular flexibility index (Phi) is 24.0. The average Bonchev–Trinajstić information content (AvgIpc) is 1.88. The van der Waals surface area contributed by atoms with Crippen LogP contribution in [0.4, 0.5) is 0 Å². The van der Waals surface area contributed by atoms with Crippen LogP contribution < -0.4 is 10.6 Å². The Morgan fingerprint density at radius 3 is 0.951 bits per heavy atom. The van der Waals surface area contributed by atoms with E-state index in [9.17, 15) is 19.8 Å². The molecule has 0 aliphatic carbocycles. The number of amides is 2. The van der Waals surface area contributed by atoms with Crippen molar-refractivity contribution in [3.8, 4) is 35.2 Å². The quantitative estimate of drug-likeness (QED) is 0.0208. The summed E-state index contributed by atoms with van der Waals surface area (Å²) >= 11 is 0. The minimum atomic E-state index is -0.320. The Balaban J connectivity index is 0.803. The van der Waals surface area contributed by atoms with Crippen molar-refractivity contribution < 1.29 is 57.7 Å². The molecular formula is C68H88N2O12. The first-order valence-electron chi connectivity index (χ1n) is 28.6. The van der Waals surface area contributed by atoms with Crippen LogP contribution in [0.15, 0.2) is 72.8 Å². The molecule has 4 N–H and O–H groups in total. The van der Waals surface area contributed by atoms with Gasteiger partial charge in [0.25, 0.3) is 11.8 Å². The van der Waals surface area contributed by atoms with E-state index in [2.05, 4.69) is 82.8 Å². The third-order valence-electron chi connectivity index (χ3n) is 13.7. The zero-order chi connectivity index (χ0) is 59.5. The van der Waals surface area contributed by atoms with Gasteiger partial charge in [0.05, 0.1) is 92.5 Å². The molecule has 0 saturated carbocycles. The summed E-state index contributed by atoms with van der Waals surface area (Å²) in [5.41, 5.74) is 4.63. The second kappa shape index (κ2) is 30.3. The molecule has 0 radical (unpaired) electrons. The molecule has 2 amide bonds. The zero-order valence-electron chi connectivity index (χ0n) is 50.6. The van der Waals surface area contributed by atoms with Gasteiger partial charge >= 0.3 is 0 Å². The van der Waals surface area contributed by atoms with Gasteiger partial charge < -0.3 is 58.7 Å². The van der Waals surface area contributed by atoms with Gasteiger partial charge in [-0.1, -0.05) is 143 Å². The van der Waals surface area contributed by atoms with Crippen molar-refractivity contribution in [2.45, 2.75) is 105 Å². The average molecular weight is 1130 g/mol. The third-order valence-corrected chi connectivity index (χ3v) is 13.7. The number of hydrogen-bond acceptors (Lipinski definition) is 12. The molecule has 6 aromatic rings. The number of aromatic hydroxyl groups is 2. The van der Waals surface area contributed by atoms with Gasteiger partial charge in [0, 0.05) is 57.6 Å². The number of hydrogen-bond donors (Lipinski definition) is 4. The van der Waals surface area contributed by atoms with Crippen molar-refractivity contribution in [2.24, 2.45) is 0 Å². The van der Waals surface area contributed by atoms with Crippen molar-refractivity contribution >= 4 is 44.1 Å². The fourth-order valence-corrected chi connectivity index (χ4v) is 9.34. The van der Waals surface area contributed by atoms with Gasteiger partial charge in [-0.05, 0) is 90.4 Å². The summed E-state index contributed by atoms with van der Waals surface area (Å²) in [6, 6.07) is 24.0. The molecule has 0 aliphatic rings. The van der Waals surface area contributed by atoms with Gasteiger partial charge in [0.1, 0.15) is 24.7 Å². The molecule has 14 nitrogen and oxygen atoms in total. The van der Waals surface area contributed by atoms with Crippen LogP contribution in [0.3, 0.4) is 0 Å². The van der Waals surface area contributed by atoms with E-state index >= 15 is 0 Å². The molecule has 0 heterocycles. The molecule has 0 aromatic heterocycles. The van der Waals surface area contributed by atoms with Gasteiger partial charge in [0.2, 0.25) is 0 Å². The molecule has 6 aromatic carbocycles. The lowest BCUT2D eigenvalue weighted by Gasteiger charge is -2.28. The number of benzene rings is 6. The Labute approximate surface area is 486 Å². The van der Waals surface area contributed by atoms with Crippen LogP contribution in [0.25, 0.3) is 32.3 Å². The summed E-state index contributed by atoms with van der Waals surface area (Å²) in [6.45, 7) is 31.2. The van der Waals surface area contributed by atoms with Crippen LogP contribution in [-0.2, 0) is 59.6 Å². The molecule has 0 fully saturated rings. The summed E-state index contributed by atoms with van der Waals surface area (Å²) in [5.74, 6) is 13.1. The Morgan fingerprint density at radius 2 is 0.659 bits per heavy atom. The van der Waals surface area contributed by atoms with Crippen molar-refractivity contribution in [1.82, 2.24) is 10.6 Å². The van der Waals surface area contributed by atoms with Gasteiger partial charge in [-0.3, -0.25) is 9.59 Å². The number of ether oxygens (including phenoxy) is 8.